The highest BCUT2D eigenvalue weighted by Gasteiger charge is 2.09. The Kier molecular flexibility index (Phi) is 2.06. The van der Waals surface area contributed by atoms with E-state index < -0.39 is 0 Å². The van der Waals surface area contributed by atoms with E-state index in [1.807, 2.05) is 12.1 Å². The van der Waals surface area contributed by atoms with Crippen molar-refractivity contribution in [2.45, 2.75) is 0 Å². The van der Waals surface area contributed by atoms with Gasteiger partial charge >= 0.3 is 0 Å². The van der Waals surface area contributed by atoms with Gasteiger partial charge in [-0.25, -0.2) is 0 Å². The Labute approximate surface area is 84.3 Å². The maximum Gasteiger partial charge on any atom is 0.178 e. The highest BCUT2D eigenvalue weighted by atomic mass is 35.5. The molecule has 2 aromatic rings. The Balaban J connectivity index is 2.82. The molecule has 1 aromatic carbocycles. The smallest absolute Gasteiger partial charge is 0.178 e. The van der Waals surface area contributed by atoms with E-state index in [0.717, 1.165) is 10.1 Å². The van der Waals surface area contributed by atoms with E-state index in [9.17, 15) is 5.11 Å². The molecular formula is C9H7ClO2S. The monoisotopic (exact) mass is 214 g/mol. The van der Waals surface area contributed by atoms with Crippen molar-refractivity contribution in [1.29, 1.82) is 0 Å². The third kappa shape index (κ3) is 1.34. The summed E-state index contributed by atoms with van der Waals surface area (Å²) >= 11 is 7.24. The van der Waals surface area contributed by atoms with E-state index in [1.54, 1.807) is 6.07 Å². The second-order valence-corrected chi connectivity index (χ2v) is 4.27. The van der Waals surface area contributed by atoms with Crippen LogP contribution in [0.25, 0.3) is 10.1 Å². The first-order chi connectivity index (χ1) is 6.22. The van der Waals surface area contributed by atoms with Crippen LogP contribution in [0.5, 0.6) is 11.5 Å². The van der Waals surface area contributed by atoms with E-state index in [-0.39, 0.29) is 5.75 Å². The normalized spacial score (nSPS) is 10.6. The van der Waals surface area contributed by atoms with Crippen LogP contribution in [0.3, 0.4) is 0 Å². The van der Waals surface area contributed by atoms with Crippen molar-refractivity contribution in [1.82, 2.24) is 0 Å². The van der Waals surface area contributed by atoms with Crippen molar-refractivity contribution < 1.29 is 9.84 Å². The molecule has 0 radical (unpaired) electrons. The lowest BCUT2D eigenvalue weighted by molar-refractivity contribution is 0.378. The Morgan fingerprint density at radius 1 is 1.46 bits per heavy atom. The van der Waals surface area contributed by atoms with E-state index in [2.05, 4.69) is 0 Å². The largest absolute Gasteiger partial charge is 0.504 e. The van der Waals surface area contributed by atoms with Gasteiger partial charge in [-0.05, 0) is 23.6 Å². The Morgan fingerprint density at radius 3 is 2.92 bits per heavy atom. The van der Waals surface area contributed by atoms with E-state index in [0.29, 0.717) is 10.1 Å². The molecule has 0 aliphatic carbocycles. The second-order valence-electron chi connectivity index (χ2n) is 2.59. The topological polar surface area (TPSA) is 29.5 Å². The van der Waals surface area contributed by atoms with Gasteiger partial charge in [0.2, 0.25) is 0 Å². The third-order valence-electron chi connectivity index (χ3n) is 1.79. The number of phenols is 1. The number of methoxy groups -OCH3 is 1. The van der Waals surface area contributed by atoms with Gasteiger partial charge < -0.3 is 9.84 Å². The molecule has 0 saturated carbocycles. The van der Waals surface area contributed by atoms with Gasteiger partial charge in [0.1, 0.15) is 0 Å². The van der Waals surface area contributed by atoms with Crippen LogP contribution in [0.4, 0.5) is 0 Å². The lowest BCUT2D eigenvalue weighted by Gasteiger charge is -2.02. The zero-order valence-electron chi connectivity index (χ0n) is 6.87. The van der Waals surface area contributed by atoms with Gasteiger partial charge in [0.05, 0.1) is 16.1 Å². The minimum Gasteiger partial charge on any atom is -0.504 e. The predicted molar refractivity (Wildman–Crippen MR) is 55.1 cm³/mol. The zero-order chi connectivity index (χ0) is 9.42. The average molecular weight is 215 g/mol. The van der Waals surface area contributed by atoms with Crippen molar-refractivity contribution in [3.05, 3.63) is 22.5 Å². The number of fused-ring (bicyclic) bond motifs is 1. The average Bonchev–Trinajstić information content (AvgIpc) is 2.45. The van der Waals surface area contributed by atoms with Crippen LogP contribution >= 0.6 is 22.9 Å². The molecule has 0 saturated heterocycles. The summed E-state index contributed by atoms with van der Waals surface area (Å²) in [6.07, 6.45) is 0. The quantitative estimate of drug-likeness (QED) is 0.790. The molecule has 1 heterocycles. The van der Waals surface area contributed by atoms with Crippen molar-refractivity contribution in [2.75, 3.05) is 7.11 Å². The molecule has 0 atom stereocenters. The Morgan fingerprint density at radius 2 is 2.23 bits per heavy atom. The lowest BCUT2D eigenvalue weighted by Crippen LogP contribution is -1.82. The molecule has 0 aliphatic heterocycles. The van der Waals surface area contributed by atoms with Crippen LogP contribution in [0.1, 0.15) is 0 Å². The summed E-state index contributed by atoms with van der Waals surface area (Å²) in [6.45, 7) is 0. The van der Waals surface area contributed by atoms with Crippen molar-refractivity contribution >= 4 is 33.0 Å². The number of hydrogen-bond acceptors (Lipinski definition) is 3. The summed E-state index contributed by atoms with van der Waals surface area (Å²) in [5.74, 6) is 0.642. The zero-order valence-corrected chi connectivity index (χ0v) is 8.45. The van der Waals surface area contributed by atoms with Crippen LogP contribution < -0.4 is 4.74 Å². The second kappa shape index (κ2) is 3.09. The maximum atomic E-state index is 9.46. The molecule has 13 heavy (non-hydrogen) atoms. The van der Waals surface area contributed by atoms with Crippen LogP contribution in [-0.4, -0.2) is 12.2 Å². The van der Waals surface area contributed by atoms with Gasteiger partial charge in [-0.15, -0.1) is 11.3 Å². The number of phenolic OH excluding ortho intramolecular Hbond substituents is 1. The highest BCUT2D eigenvalue weighted by molar-refractivity contribution is 7.23. The Bertz CT molecular complexity index is 450. The van der Waals surface area contributed by atoms with Gasteiger partial charge in [0, 0.05) is 0 Å². The minimum absolute atomic E-state index is 0.147. The van der Waals surface area contributed by atoms with Crippen LogP contribution in [-0.2, 0) is 0 Å². The van der Waals surface area contributed by atoms with Crippen LogP contribution in [0.15, 0.2) is 18.2 Å². The molecule has 0 spiro atoms. The van der Waals surface area contributed by atoms with E-state index in [4.69, 9.17) is 16.3 Å². The Hall–Kier alpha value is -0.930. The fourth-order valence-electron chi connectivity index (χ4n) is 1.23. The molecule has 2 nitrogen and oxygen atoms in total. The number of ether oxygens (including phenoxy) is 1. The summed E-state index contributed by atoms with van der Waals surface area (Å²) in [4.78, 5) is 0. The van der Waals surface area contributed by atoms with Gasteiger partial charge in [0.15, 0.2) is 11.5 Å². The number of aromatic hydroxyl groups is 1. The molecule has 0 aliphatic rings. The number of thiophene rings is 1. The molecule has 2 rings (SSSR count). The van der Waals surface area contributed by atoms with Gasteiger partial charge in [-0.1, -0.05) is 11.6 Å². The van der Waals surface area contributed by atoms with Crippen LogP contribution in [0.2, 0.25) is 4.34 Å². The van der Waals surface area contributed by atoms with Crippen molar-refractivity contribution in [3.8, 4) is 11.5 Å². The molecule has 1 N–H and O–H groups in total. The molecule has 1 aromatic heterocycles. The standard InChI is InChI=1S/C9H7ClO2S/c1-12-8-6(11)3-2-5-4-7(10)13-9(5)8/h2-4,11H,1H3. The molecule has 0 fully saturated rings. The van der Waals surface area contributed by atoms with E-state index in [1.165, 1.54) is 18.4 Å². The van der Waals surface area contributed by atoms with E-state index >= 15 is 0 Å². The molecule has 68 valence electrons. The molecule has 0 bridgehead atoms. The van der Waals surface area contributed by atoms with Gasteiger partial charge in [-0.2, -0.15) is 0 Å². The minimum atomic E-state index is 0.147. The highest BCUT2D eigenvalue weighted by Crippen LogP contribution is 2.40. The predicted octanol–water partition coefficient (Wildman–Crippen LogP) is 3.27. The first-order valence-corrected chi connectivity index (χ1v) is 4.87. The maximum absolute atomic E-state index is 9.46. The summed E-state index contributed by atoms with van der Waals surface area (Å²) in [5, 5.41) is 10.4. The number of hydrogen-bond donors (Lipinski definition) is 1. The lowest BCUT2D eigenvalue weighted by atomic mass is 10.2. The number of rotatable bonds is 1. The summed E-state index contributed by atoms with van der Waals surface area (Å²) < 4.78 is 6.65. The van der Waals surface area contributed by atoms with Crippen molar-refractivity contribution in [3.63, 3.8) is 0 Å². The summed E-state index contributed by atoms with van der Waals surface area (Å²) in [7, 11) is 1.53. The molecule has 4 heteroatoms. The fraction of sp³-hybridized carbons (Fsp3) is 0.111. The first-order valence-electron chi connectivity index (χ1n) is 3.67. The number of halogens is 1. The van der Waals surface area contributed by atoms with Gasteiger partial charge in [0.25, 0.3) is 0 Å². The first kappa shape index (κ1) is 8.66. The van der Waals surface area contributed by atoms with Crippen molar-refractivity contribution in [2.24, 2.45) is 0 Å². The molecule has 0 unspecified atom stereocenters. The molecule has 0 amide bonds. The number of benzene rings is 1. The SMILES string of the molecule is COc1c(O)ccc2cc(Cl)sc12. The van der Waals surface area contributed by atoms with Gasteiger partial charge in [-0.3, -0.25) is 0 Å². The summed E-state index contributed by atoms with van der Waals surface area (Å²) in [5.41, 5.74) is 0. The molecular weight excluding hydrogens is 208 g/mol. The third-order valence-corrected chi connectivity index (χ3v) is 3.07. The van der Waals surface area contributed by atoms with Crippen LogP contribution in [0, 0.1) is 0 Å². The fourth-order valence-corrected chi connectivity index (χ4v) is 2.49. The summed E-state index contributed by atoms with van der Waals surface area (Å²) in [6, 6.07) is 5.27.